The first-order valence-corrected chi connectivity index (χ1v) is 12.7. The van der Waals surface area contributed by atoms with Gasteiger partial charge in [0.2, 0.25) is 10.0 Å². The molecule has 0 bridgehead atoms. The molecular weight excluding hydrogens is 442 g/mol. The maximum absolute atomic E-state index is 12.9. The fourth-order valence-electron chi connectivity index (χ4n) is 4.07. The Labute approximate surface area is 195 Å². The molecule has 2 aromatic carbocycles. The van der Waals surface area contributed by atoms with Crippen LogP contribution in [0.1, 0.15) is 42.6 Å². The second-order valence-corrected chi connectivity index (χ2v) is 10.6. The van der Waals surface area contributed by atoms with Gasteiger partial charge in [0, 0.05) is 31.2 Å². The number of nitrogens with one attached hydrogen (secondary N) is 2. The highest BCUT2D eigenvalue weighted by Crippen LogP contribution is 2.29. The van der Waals surface area contributed by atoms with Crippen LogP contribution in [0.25, 0.3) is 0 Å². The third-order valence-electron chi connectivity index (χ3n) is 5.75. The predicted octanol–water partition coefficient (Wildman–Crippen LogP) is 3.00. The summed E-state index contributed by atoms with van der Waals surface area (Å²) in [6.45, 7) is 6.70. The summed E-state index contributed by atoms with van der Waals surface area (Å²) in [5.74, 6) is 0.0547. The average Bonchev–Trinajstić information content (AvgIpc) is 3.56. The van der Waals surface area contributed by atoms with Gasteiger partial charge in [-0.3, -0.25) is 9.69 Å². The number of hydrogen-bond donors (Lipinski definition) is 2. The monoisotopic (exact) mass is 473 g/mol. The second kappa shape index (κ2) is 9.80. The molecule has 0 aromatic heterocycles. The molecule has 1 amide bonds. The molecule has 2 N–H and O–H groups in total. The van der Waals surface area contributed by atoms with Crippen molar-refractivity contribution in [3.05, 3.63) is 53.6 Å². The normalized spacial score (nSPS) is 21.5. The largest absolute Gasteiger partial charge is 0.495 e. The first-order valence-electron chi connectivity index (χ1n) is 11.2. The van der Waals surface area contributed by atoms with Crippen LogP contribution >= 0.6 is 0 Å². The number of carbonyl (C=O) groups is 1. The number of ether oxygens (including phenoxy) is 2. The lowest BCUT2D eigenvalue weighted by Gasteiger charge is -2.35. The number of nitrogens with zero attached hydrogens (tertiary/aromatic N) is 1. The number of amides is 1. The molecule has 1 heterocycles. The highest BCUT2D eigenvalue weighted by atomic mass is 32.2. The molecule has 8 nitrogen and oxygen atoms in total. The Hall–Kier alpha value is -2.46. The van der Waals surface area contributed by atoms with Gasteiger partial charge in [-0.1, -0.05) is 12.1 Å². The fraction of sp³-hybridized carbons (Fsp3) is 0.458. The Morgan fingerprint density at radius 2 is 1.76 bits per heavy atom. The van der Waals surface area contributed by atoms with Gasteiger partial charge in [-0.05, 0) is 62.6 Å². The molecule has 178 valence electrons. The van der Waals surface area contributed by atoms with Crippen molar-refractivity contribution in [2.75, 3.05) is 25.5 Å². The van der Waals surface area contributed by atoms with Crippen molar-refractivity contribution in [3.8, 4) is 5.75 Å². The van der Waals surface area contributed by atoms with E-state index in [1.165, 1.54) is 19.2 Å². The molecule has 2 aromatic rings. The van der Waals surface area contributed by atoms with Gasteiger partial charge < -0.3 is 14.8 Å². The van der Waals surface area contributed by atoms with Crippen LogP contribution in [0, 0.1) is 0 Å². The van der Waals surface area contributed by atoms with E-state index in [4.69, 9.17) is 9.47 Å². The van der Waals surface area contributed by atoms with Crippen LogP contribution in [0.5, 0.6) is 5.75 Å². The predicted molar refractivity (Wildman–Crippen MR) is 126 cm³/mol. The van der Waals surface area contributed by atoms with E-state index in [0.717, 1.165) is 38.0 Å². The molecule has 1 saturated carbocycles. The van der Waals surface area contributed by atoms with E-state index in [1.54, 1.807) is 18.2 Å². The molecule has 2 atom stereocenters. The van der Waals surface area contributed by atoms with Gasteiger partial charge in [0.05, 0.1) is 29.9 Å². The SMILES string of the molecule is COc1ccc(S(=O)(=O)NC2CC2)cc1NC(=O)c1ccc(CN2CC(C)OC(C)C2)cc1. The van der Waals surface area contributed by atoms with Gasteiger partial charge in [-0.2, -0.15) is 0 Å². The van der Waals surface area contributed by atoms with Gasteiger partial charge in [0.1, 0.15) is 5.75 Å². The van der Waals surface area contributed by atoms with E-state index >= 15 is 0 Å². The minimum atomic E-state index is -3.64. The van der Waals surface area contributed by atoms with Crippen molar-refractivity contribution in [2.24, 2.45) is 0 Å². The number of benzene rings is 2. The summed E-state index contributed by atoms with van der Waals surface area (Å²) in [4.78, 5) is 15.3. The molecule has 2 aliphatic rings. The van der Waals surface area contributed by atoms with Crippen molar-refractivity contribution in [1.82, 2.24) is 9.62 Å². The van der Waals surface area contributed by atoms with Crippen molar-refractivity contribution < 1.29 is 22.7 Å². The summed E-state index contributed by atoms with van der Waals surface area (Å²) in [5, 5.41) is 2.79. The number of morpholine rings is 1. The Morgan fingerprint density at radius 3 is 2.36 bits per heavy atom. The number of rotatable bonds is 8. The molecular formula is C24H31N3O5S. The van der Waals surface area contributed by atoms with Crippen molar-refractivity contribution >= 4 is 21.6 Å². The van der Waals surface area contributed by atoms with Crippen LogP contribution in [0.3, 0.4) is 0 Å². The number of sulfonamides is 1. The van der Waals surface area contributed by atoms with E-state index in [2.05, 4.69) is 28.8 Å². The Morgan fingerprint density at radius 1 is 1.09 bits per heavy atom. The summed E-state index contributed by atoms with van der Waals surface area (Å²) in [5.41, 5.74) is 1.90. The molecule has 0 radical (unpaired) electrons. The maximum Gasteiger partial charge on any atom is 0.255 e. The Balaban J connectivity index is 1.44. The average molecular weight is 474 g/mol. The van der Waals surface area contributed by atoms with Gasteiger partial charge in [0.25, 0.3) is 5.91 Å². The van der Waals surface area contributed by atoms with E-state index < -0.39 is 10.0 Å². The summed E-state index contributed by atoms with van der Waals surface area (Å²) in [6.07, 6.45) is 2.09. The highest BCUT2D eigenvalue weighted by molar-refractivity contribution is 7.89. The van der Waals surface area contributed by atoms with E-state index in [0.29, 0.717) is 17.0 Å². The third kappa shape index (κ3) is 6.11. The van der Waals surface area contributed by atoms with Crippen molar-refractivity contribution in [1.29, 1.82) is 0 Å². The zero-order valence-electron chi connectivity index (χ0n) is 19.2. The van der Waals surface area contributed by atoms with Gasteiger partial charge in [-0.25, -0.2) is 13.1 Å². The summed E-state index contributed by atoms with van der Waals surface area (Å²) < 4.78 is 38.9. The fourth-order valence-corrected chi connectivity index (χ4v) is 5.40. The van der Waals surface area contributed by atoms with E-state index in [-0.39, 0.29) is 29.1 Å². The lowest BCUT2D eigenvalue weighted by Crippen LogP contribution is -2.44. The zero-order chi connectivity index (χ0) is 23.6. The topological polar surface area (TPSA) is 97.0 Å². The zero-order valence-corrected chi connectivity index (χ0v) is 20.0. The van der Waals surface area contributed by atoms with Crippen LogP contribution in [-0.4, -0.2) is 57.7 Å². The number of hydrogen-bond acceptors (Lipinski definition) is 6. The number of carbonyl (C=O) groups excluding carboxylic acids is 1. The Bertz CT molecular complexity index is 1090. The lowest BCUT2D eigenvalue weighted by molar-refractivity contribution is -0.0704. The van der Waals surface area contributed by atoms with E-state index in [1.807, 2.05) is 12.1 Å². The standard InChI is InChI=1S/C24H31N3O5S/c1-16-13-27(14-17(2)32-16)15-18-4-6-19(7-5-18)24(28)25-22-12-21(10-11-23(22)31-3)33(29,30)26-20-8-9-20/h4-7,10-12,16-17,20,26H,8-9,13-15H2,1-3H3,(H,25,28). The van der Waals surface area contributed by atoms with E-state index in [9.17, 15) is 13.2 Å². The number of anilines is 1. The minimum Gasteiger partial charge on any atom is -0.495 e. The maximum atomic E-state index is 12.9. The Kier molecular flexibility index (Phi) is 7.04. The molecule has 33 heavy (non-hydrogen) atoms. The molecule has 9 heteroatoms. The number of methoxy groups -OCH3 is 1. The molecule has 0 spiro atoms. The van der Waals surface area contributed by atoms with Crippen molar-refractivity contribution in [3.63, 3.8) is 0 Å². The highest BCUT2D eigenvalue weighted by Gasteiger charge is 2.28. The molecule has 1 aliphatic heterocycles. The van der Waals surface area contributed by atoms with Crippen LogP contribution in [0.4, 0.5) is 5.69 Å². The molecule has 4 rings (SSSR count). The first-order chi connectivity index (χ1) is 15.7. The van der Waals surface area contributed by atoms with Gasteiger partial charge in [-0.15, -0.1) is 0 Å². The molecule has 1 saturated heterocycles. The minimum absolute atomic E-state index is 0.00227. The molecule has 1 aliphatic carbocycles. The summed E-state index contributed by atoms with van der Waals surface area (Å²) in [6, 6.07) is 11.9. The summed E-state index contributed by atoms with van der Waals surface area (Å²) in [7, 11) is -2.17. The molecule has 2 unspecified atom stereocenters. The quantitative estimate of drug-likeness (QED) is 0.612. The van der Waals surface area contributed by atoms with Crippen LogP contribution in [0.15, 0.2) is 47.4 Å². The smallest absolute Gasteiger partial charge is 0.255 e. The van der Waals surface area contributed by atoms with Crippen LogP contribution in [-0.2, 0) is 21.3 Å². The van der Waals surface area contributed by atoms with Gasteiger partial charge in [0.15, 0.2) is 0 Å². The van der Waals surface area contributed by atoms with Gasteiger partial charge >= 0.3 is 0 Å². The van der Waals surface area contributed by atoms with Crippen LogP contribution in [0.2, 0.25) is 0 Å². The lowest BCUT2D eigenvalue weighted by atomic mass is 10.1. The summed E-state index contributed by atoms with van der Waals surface area (Å²) >= 11 is 0. The third-order valence-corrected chi connectivity index (χ3v) is 7.26. The first kappa shape index (κ1) is 23.7. The molecule has 2 fully saturated rings. The van der Waals surface area contributed by atoms with Crippen molar-refractivity contribution in [2.45, 2.75) is 56.4 Å². The second-order valence-electron chi connectivity index (χ2n) is 8.86. The van der Waals surface area contributed by atoms with Crippen LogP contribution < -0.4 is 14.8 Å².